The molecule has 2 aromatic heterocycles. The number of ether oxygens (including phenoxy) is 1. The third kappa shape index (κ3) is 1.72. The molecule has 0 saturated heterocycles. The summed E-state index contributed by atoms with van der Waals surface area (Å²) >= 11 is 1.43. The van der Waals surface area contributed by atoms with Crippen LogP contribution < -0.4 is 10.5 Å². The Bertz CT molecular complexity index is 725. The maximum atomic E-state index is 11.0. The first-order valence-electron chi connectivity index (χ1n) is 4.89. The van der Waals surface area contributed by atoms with Crippen molar-refractivity contribution >= 4 is 22.4 Å². The van der Waals surface area contributed by atoms with Crippen molar-refractivity contribution < 1.29 is 9.15 Å². The number of benzene rings is 1. The van der Waals surface area contributed by atoms with Crippen LogP contribution in [0.15, 0.2) is 32.8 Å². The van der Waals surface area contributed by atoms with Gasteiger partial charge in [0.1, 0.15) is 0 Å². The number of aromatic amines is 1. The van der Waals surface area contributed by atoms with E-state index in [4.69, 9.17) is 9.15 Å². The number of nitrogens with zero attached hydrogens (tertiary/aromatic N) is 1. The van der Waals surface area contributed by atoms with E-state index in [0.717, 1.165) is 11.3 Å². The van der Waals surface area contributed by atoms with Gasteiger partial charge in [0.25, 0.3) is 5.19 Å². The van der Waals surface area contributed by atoms with Gasteiger partial charge in [-0.05, 0) is 18.2 Å². The minimum absolute atomic E-state index is 0.451. The zero-order valence-corrected chi connectivity index (χ0v) is 9.71. The van der Waals surface area contributed by atoms with Gasteiger partial charge in [-0.3, -0.25) is 4.98 Å². The normalized spacial score (nSPS) is 10.9. The number of nitrogens with one attached hydrogen (secondary N) is 1. The zero-order valence-electron chi connectivity index (χ0n) is 8.89. The Labute approximate surface area is 99.7 Å². The molecule has 0 spiro atoms. The molecule has 0 bridgehead atoms. The van der Waals surface area contributed by atoms with Gasteiger partial charge < -0.3 is 9.15 Å². The van der Waals surface area contributed by atoms with Crippen molar-refractivity contribution in [3.63, 3.8) is 0 Å². The maximum absolute atomic E-state index is 11.0. The first-order valence-corrected chi connectivity index (χ1v) is 5.77. The molecule has 17 heavy (non-hydrogen) atoms. The van der Waals surface area contributed by atoms with Crippen molar-refractivity contribution in [1.29, 1.82) is 0 Å². The molecule has 0 amide bonds. The second-order valence-corrected chi connectivity index (χ2v) is 4.25. The molecule has 0 aliphatic heterocycles. The van der Waals surface area contributed by atoms with Crippen LogP contribution in [0.3, 0.4) is 0 Å². The van der Waals surface area contributed by atoms with Crippen molar-refractivity contribution in [2.45, 2.75) is 0 Å². The van der Waals surface area contributed by atoms with Gasteiger partial charge in [0.05, 0.1) is 18.3 Å². The molecule has 0 aliphatic rings. The Morgan fingerprint density at radius 2 is 2.35 bits per heavy atom. The lowest BCUT2D eigenvalue weighted by molar-refractivity contribution is 0.412. The van der Waals surface area contributed by atoms with Crippen LogP contribution in [-0.2, 0) is 0 Å². The SMILES string of the molecule is COc1nc(-c2ccc3oc(=O)[nH]c3c2)cs1. The summed E-state index contributed by atoms with van der Waals surface area (Å²) in [6.45, 7) is 0. The fourth-order valence-electron chi connectivity index (χ4n) is 1.59. The lowest BCUT2D eigenvalue weighted by atomic mass is 10.1. The molecule has 3 rings (SSSR count). The number of oxazole rings is 1. The number of aromatic nitrogens is 2. The highest BCUT2D eigenvalue weighted by molar-refractivity contribution is 7.11. The summed E-state index contributed by atoms with van der Waals surface area (Å²) < 4.78 is 9.97. The maximum Gasteiger partial charge on any atom is 0.417 e. The van der Waals surface area contributed by atoms with Crippen molar-refractivity contribution in [3.05, 3.63) is 34.1 Å². The second-order valence-electron chi connectivity index (χ2n) is 3.43. The van der Waals surface area contributed by atoms with Crippen molar-refractivity contribution in [1.82, 2.24) is 9.97 Å². The molecule has 0 saturated carbocycles. The fraction of sp³-hybridized carbons (Fsp3) is 0.0909. The van der Waals surface area contributed by atoms with Gasteiger partial charge in [0.15, 0.2) is 5.58 Å². The number of hydrogen-bond acceptors (Lipinski definition) is 5. The molecule has 1 aromatic carbocycles. The van der Waals surface area contributed by atoms with E-state index in [0.29, 0.717) is 16.3 Å². The number of thiazole rings is 1. The van der Waals surface area contributed by atoms with Crippen LogP contribution in [0.2, 0.25) is 0 Å². The third-order valence-corrected chi connectivity index (χ3v) is 3.17. The van der Waals surface area contributed by atoms with E-state index in [-0.39, 0.29) is 0 Å². The van der Waals surface area contributed by atoms with Gasteiger partial charge in [-0.15, -0.1) is 0 Å². The highest BCUT2D eigenvalue weighted by Gasteiger charge is 2.07. The summed E-state index contributed by atoms with van der Waals surface area (Å²) in [5, 5.41) is 2.51. The van der Waals surface area contributed by atoms with Gasteiger partial charge in [-0.2, -0.15) is 0 Å². The van der Waals surface area contributed by atoms with Crippen molar-refractivity contribution in [2.24, 2.45) is 0 Å². The van der Waals surface area contributed by atoms with E-state index in [1.54, 1.807) is 13.2 Å². The number of fused-ring (bicyclic) bond motifs is 1. The summed E-state index contributed by atoms with van der Waals surface area (Å²) in [4.78, 5) is 17.9. The Morgan fingerprint density at radius 1 is 1.47 bits per heavy atom. The molecule has 5 nitrogen and oxygen atoms in total. The molecule has 86 valence electrons. The van der Waals surface area contributed by atoms with E-state index in [9.17, 15) is 4.79 Å². The van der Waals surface area contributed by atoms with Crippen LogP contribution in [0.5, 0.6) is 5.19 Å². The summed E-state index contributed by atoms with van der Waals surface area (Å²) in [6.07, 6.45) is 0. The van der Waals surface area contributed by atoms with E-state index >= 15 is 0 Å². The summed E-state index contributed by atoms with van der Waals surface area (Å²) in [5.74, 6) is -0.451. The zero-order chi connectivity index (χ0) is 11.8. The number of rotatable bonds is 2. The monoisotopic (exact) mass is 248 g/mol. The highest BCUT2D eigenvalue weighted by atomic mass is 32.1. The molecule has 6 heteroatoms. The number of methoxy groups -OCH3 is 1. The average Bonchev–Trinajstić information content (AvgIpc) is 2.92. The molecular weight excluding hydrogens is 240 g/mol. The van der Waals surface area contributed by atoms with Gasteiger partial charge in [0, 0.05) is 10.9 Å². The summed E-state index contributed by atoms with van der Waals surface area (Å²) in [5.41, 5.74) is 2.94. The molecule has 1 N–H and O–H groups in total. The summed E-state index contributed by atoms with van der Waals surface area (Å²) in [7, 11) is 1.58. The first kappa shape index (κ1) is 10.1. The Kier molecular flexibility index (Phi) is 2.22. The van der Waals surface area contributed by atoms with Crippen LogP contribution in [-0.4, -0.2) is 17.1 Å². The Morgan fingerprint density at radius 3 is 3.12 bits per heavy atom. The molecule has 0 radical (unpaired) electrons. The Balaban J connectivity index is 2.13. The molecule has 0 unspecified atom stereocenters. The van der Waals surface area contributed by atoms with E-state index in [1.807, 2.05) is 17.5 Å². The predicted molar refractivity (Wildman–Crippen MR) is 64.5 cm³/mol. The van der Waals surface area contributed by atoms with Crippen molar-refractivity contribution in [2.75, 3.05) is 7.11 Å². The van der Waals surface area contributed by atoms with Crippen molar-refractivity contribution in [3.8, 4) is 16.5 Å². The van der Waals surface area contributed by atoms with Gasteiger partial charge in [0.2, 0.25) is 0 Å². The number of hydrogen-bond donors (Lipinski definition) is 1. The quantitative estimate of drug-likeness (QED) is 0.755. The van der Waals surface area contributed by atoms with Gasteiger partial charge in [-0.1, -0.05) is 11.3 Å². The molecule has 0 aliphatic carbocycles. The number of H-pyrrole nitrogens is 1. The minimum Gasteiger partial charge on any atom is -0.473 e. The fourth-order valence-corrected chi connectivity index (χ4v) is 2.24. The van der Waals surface area contributed by atoms with Crippen LogP contribution in [0.25, 0.3) is 22.4 Å². The topological polar surface area (TPSA) is 68.1 Å². The standard InChI is InChI=1S/C11H8N2O3S/c1-15-11-13-8(5-17-11)6-2-3-9-7(4-6)12-10(14)16-9/h2-5H,1H3,(H,12,14). The predicted octanol–water partition coefficient (Wildman–Crippen LogP) is 2.25. The molecule has 0 fully saturated rings. The molecule has 3 aromatic rings. The first-order chi connectivity index (χ1) is 8.26. The lowest BCUT2D eigenvalue weighted by Crippen LogP contribution is -1.92. The third-order valence-electron chi connectivity index (χ3n) is 2.37. The largest absolute Gasteiger partial charge is 0.473 e. The van der Waals surface area contributed by atoms with Crippen LogP contribution in [0, 0.1) is 0 Å². The van der Waals surface area contributed by atoms with Crippen LogP contribution in [0.4, 0.5) is 0 Å². The van der Waals surface area contributed by atoms with Crippen LogP contribution >= 0.6 is 11.3 Å². The minimum atomic E-state index is -0.451. The smallest absolute Gasteiger partial charge is 0.417 e. The highest BCUT2D eigenvalue weighted by Crippen LogP contribution is 2.27. The van der Waals surface area contributed by atoms with E-state index in [2.05, 4.69) is 9.97 Å². The molecule has 0 atom stereocenters. The van der Waals surface area contributed by atoms with E-state index < -0.39 is 5.76 Å². The summed E-state index contributed by atoms with van der Waals surface area (Å²) in [6, 6.07) is 5.43. The molecule has 2 heterocycles. The van der Waals surface area contributed by atoms with Gasteiger partial charge in [-0.25, -0.2) is 9.78 Å². The average molecular weight is 248 g/mol. The van der Waals surface area contributed by atoms with E-state index in [1.165, 1.54) is 11.3 Å². The second kappa shape index (κ2) is 3.74. The lowest BCUT2D eigenvalue weighted by Gasteiger charge is -1.95. The Hall–Kier alpha value is -2.08. The van der Waals surface area contributed by atoms with Gasteiger partial charge >= 0.3 is 5.76 Å². The van der Waals surface area contributed by atoms with Crippen LogP contribution in [0.1, 0.15) is 0 Å². The molecular formula is C11H8N2O3S.